The molecule has 1 N–H and O–H groups in total. The van der Waals surface area contributed by atoms with Crippen LogP contribution in [0.3, 0.4) is 0 Å². The van der Waals surface area contributed by atoms with Gasteiger partial charge in [0, 0.05) is 39.4 Å². The average molecular weight is 492 g/mol. The summed E-state index contributed by atoms with van der Waals surface area (Å²) in [7, 11) is 3.54. The molecule has 4 aromatic rings. The van der Waals surface area contributed by atoms with Crippen molar-refractivity contribution in [1.29, 1.82) is 0 Å². The molecule has 7 heteroatoms. The summed E-state index contributed by atoms with van der Waals surface area (Å²) in [6, 6.07) is 27.1. The number of aromatic nitrogens is 2. The number of benzene rings is 3. The van der Waals surface area contributed by atoms with Crippen molar-refractivity contribution >= 4 is 11.6 Å². The van der Waals surface area contributed by atoms with E-state index in [0.29, 0.717) is 42.9 Å². The van der Waals surface area contributed by atoms with Gasteiger partial charge in [-0.3, -0.25) is 4.90 Å². The van der Waals surface area contributed by atoms with Crippen molar-refractivity contribution in [3.8, 4) is 22.9 Å². The molecule has 1 aromatic heterocycles. The molecular weight excluding hydrogens is 462 g/mol. The van der Waals surface area contributed by atoms with Crippen LogP contribution in [0, 0.1) is 0 Å². The van der Waals surface area contributed by atoms with E-state index < -0.39 is 6.10 Å². The first-order valence-corrected chi connectivity index (χ1v) is 11.9. The zero-order chi connectivity index (χ0) is 24.6. The molecule has 0 bridgehead atoms. The maximum atomic E-state index is 10.9. The lowest BCUT2D eigenvalue weighted by Gasteiger charge is -2.25. The van der Waals surface area contributed by atoms with E-state index in [1.54, 1.807) is 17.9 Å². The number of methoxy groups -OCH3 is 1. The Morgan fingerprint density at radius 2 is 1.63 bits per heavy atom. The van der Waals surface area contributed by atoms with Crippen LogP contribution < -0.4 is 4.74 Å². The molecule has 1 atom stereocenters. The van der Waals surface area contributed by atoms with Crippen LogP contribution >= 0.6 is 11.6 Å². The summed E-state index contributed by atoms with van der Waals surface area (Å²) in [4.78, 5) is 2.16. The first-order valence-electron chi connectivity index (χ1n) is 11.5. The van der Waals surface area contributed by atoms with Crippen LogP contribution in [0.15, 0.2) is 84.9 Å². The fourth-order valence-electron chi connectivity index (χ4n) is 3.99. The van der Waals surface area contributed by atoms with E-state index in [0.717, 1.165) is 22.4 Å². The van der Waals surface area contributed by atoms with Crippen LogP contribution in [-0.4, -0.2) is 46.6 Å². The molecule has 0 aliphatic carbocycles. The van der Waals surface area contributed by atoms with Crippen LogP contribution in [-0.2, 0) is 18.3 Å². The molecule has 182 valence electrons. The first kappa shape index (κ1) is 24.9. The van der Waals surface area contributed by atoms with Gasteiger partial charge < -0.3 is 14.6 Å². The summed E-state index contributed by atoms with van der Waals surface area (Å²) in [5.74, 6) is 1.17. The highest BCUT2D eigenvalue weighted by Gasteiger charge is 2.24. The Morgan fingerprint density at radius 3 is 2.31 bits per heavy atom. The SMILES string of the molecule is COCCN(Cc1c(-c2ccccc2)nn(C)c1Oc1ccccc1Cl)CC(O)c1ccccc1. The van der Waals surface area contributed by atoms with Crippen LogP contribution in [0.2, 0.25) is 5.02 Å². The van der Waals surface area contributed by atoms with Crippen molar-refractivity contribution in [2.75, 3.05) is 26.8 Å². The summed E-state index contributed by atoms with van der Waals surface area (Å²) in [5, 5.41) is 16.3. The quantitative estimate of drug-likeness (QED) is 0.291. The molecule has 0 fully saturated rings. The summed E-state index contributed by atoms with van der Waals surface area (Å²) < 4.78 is 13.4. The van der Waals surface area contributed by atoms with Crippen molar-refractivity contribution in [2.45, 2.75) is 12.6 Å². The third-order valence-corrected chi connectivity index (χ3v) is 6.10. The lowest BCUT2D eigenvalue weighted by molar-refractivity contribution is 0.0846. The van der Waals surface area contributed by atoms with E-state index in [2.05, 4.69) is 4.90 Å². The van der Waals surface area contributed by atoms with Gasteiger partial charge in [0.05, 0.1) is 23.3 Å². The minimum atomic E-state index is -0.641. The molecule has 35 heavy (non-hydrogen) atoms. The largest absolute Gasteiger partial charge is 0.437 e. The maximum absolute atomic E-state index is 10.9. The van der Waals surface area contributed by atoms with E-state index in [1.807, 2.05) is 85.9 Å². The zero-order valence-corrected chi connectivity index (χ0v) is 20.7. The van der Waals surface area contributed by atoms with Gasteiger partial charge in [-0.05, 0) is 17.7 Å². The van der Waals surface area contributed by atoms with Crippen molar-refractivity contribution in [3.63, 3.8) is 0 Å². The van der Waals surface area contributed by atoms with Gasteiger partial charge in [0.25, 0.3) is 0 Å². The molecule has 1 heterocycles. The molecule has 0 radical (unpaired) electrons. The molecule has 0 aliphatic heterocycles. The minimum Gasteiger partial charge on any atom is -0.437 e. The number of hydrogen-bond donors (Lipinski definition) is 1. The highest BCUT2D eigenvalue weighted by molar-refractivity contribution is 6.32. The van der Waals surface area contributed by atoms with Gasteiger partial charge in [0.2, 0.25) is 5.88 Å². The van der Waals surface area contributed by atoms with Gasteiger partial charge in [0.1, 0.15) is 11.4 Å². The van der Waals surface area contributed by atoms with Gasteiger partial charge in [-0.2, -0.15) is 5.10 Å². The molecule has 0 aliphatic rings. The molecular formula is C28H30ClN3O3. The molecule has 4 rings (SSSR count). The molecule has 6 nitrogen and oxygen atoms in total. The van der Waals surface area contributed by atoms with E-state index in [-0.39, 0.29) is 0 Å². The van der Waals surface area contributed by atoms with E-state index in [9.17, 15) is 5.11 Å². The zero-order valence-electron chi connectivity index (χ0n) is 20.0. The number of rotatable bonds is 11. The lowest BCUT2D eigenvalue weighted by Crippen LogP contribution is -2.31. The Morgan fingerprint density at radius 1 is 0.971 bits per heavy atom. The van der Waals surface area contributed by atoms with Gasteiger partial charge in [-0.15, -0.1) is 0 Å². The van der Waals surface area contributed by atoms with Gasteiger partial charge >= 0.3 is 0 Å². The Bertz CT molecular complexity index is 1210. The predicted molar refractivity (Wildman–Crippen MR) is 139 cm³/mol. The topological polar surface area (TPSA) is 59.8 Å². The van der Waals surface area contributed by atoms with Crippen molar-refractivity contribution in [3.05, 3.63) is 101 Å². The molecule has 0 spiro atoms. The van der Waals surface area contributed by atoms with Crippen LogP contribution in [0.5, 0.6) is 11.6 Å². The molecule has 0 saturated carbocycles. The molecule has 0 amide bonds. The molecule has 1 unspecified atom stereocenters. The van der Waals surface area contributed by atoms with Crippen molar-refractivity contribution < 1.29 is 14.6 Å². The van der Waals surface area contributed by atoms with Gasteiger partial charge in [-0.1, -0.05) is 84.4 Å². The second-order valence-electron chi connectivity index (χ2n) is 8.31. The summed E-state index contributed by atoms with van der Waals surface area (Å²) in [6.45, 7) is 2.10. The number of aliphatic hydroxyl groups excluding tert-OH is 1. The lowest BCUT2D eigenvalue weighted by atomic mass is 10.1. The van der Waals surface area contributed by atoms with Crippen LogP contribution in [0.4, 0.5) is 0 Å². The molecule has 0 saturated heterocycles. The summed E-state index contributed by atoms with van der Waals surface area (Å²) >= 11 is 6.40. The third-order valence-electron chi connectivity index (χ3n) is 5.79. The van der Waals surface area contributed by atoms with E-state index >= 15 is 0 Å². The Hall–Kier alpha value is -3.16. The minimum absolute atomic E-state index is 0.433. The number of para-hydroxylation sites is 1. The predicted octanol–water partition coefficient (Wildman–Crippen LogP) is 5.71. The Labute approximate surface area is 211 Å². The highest BCUT2D eigenvalue weighted by Crippen LogP contribution is 2.36. The number of aliphatic hydroxyl groups is 1. The molecule has 3 aromatic carbocycles. The Balaban J connectivity index is 1.70. The van der Waals surface area contributed by atoms with Crippen molar-refractivity contribution in [1.82, 2.24) is 14.7 Å². The first-order chi connectivity index (χ1) is 17.1. The van der Waals surface area contributed by atoms with E-state index in [4.69, 9.17) is 26.2 Å². The summed E-state index contributed by atoms with van der Waals surface area (Å²) in [5.41, 5.74) is 3.60. The standard InChI is InChI=1S/C28H30ClN3O3/c1-31-28(35-26-16-10-9-15-24(26)29)23(27(30-31)22-13-7-4-8-14-22)19-32(17-18-34-2)20-25(33)21-11-5-3-6-12-21/h3-16,25,33H,17-20H2,1-2H3. The van der Waals surface area contributed by atoms with Gasteiger partial charge in [0.15, 0.2) is 0 Å². The van der Waals surface area contributed by atoms with Crippen molar-refractivity contribution in [2.24, 2.45) is 7.05 Å². The van der Waals surface area contributed by atoms with Crippen LogP contribution in [0.1, 0.15) is 17.2 Å². The number of halogens is 1. The fourth-order valence-corrected chi connectivity index (χ4v) is 4.16. The average Bonchev–Trinajstić information content (AvgIpc) is 3.19. The third kappa shape index (κ3) is 6.29. The highest BCUT2D eigenvalue weighted by atomic mass is 35.5. The number of ether oxygens (including phenoxy) is 2. The normalized spacial score (nSPS) is 12.1. The smallest absolute Gasteiger partial charge is 0.222 e. The second kappa shape index (κ2) is 12.0. The second-order valence-corrected chi connectivity index (χ2v) is 8.72. The monoisotopic (exact) mass is 491 g/mol. The van der Waals surface area contributed by atoms with Gasteiger partial charge in [-0.25, -0.2) is 4.68 Å². The summed E-state index contributed by atoms with van der Waals surface area (Å²) in [6.07, 6.45) is -0.641. The maximum Gasteiger partial charge on any atom is 0.222 e. The fraction of sp³-hybridized carbons (Fsp3) is 0.250. The Kier molecular flexibility index (Phi) is 8.55. The number of aryl methyl sites for hydroxylation is 1. The van der Waals surface area contributed by atoms with E-state index in [1.165, 1.54) is 0 Å². The van der Waals surface area contributed by atoms with Crippen LogP contribution in [0.25, 0.3) is 11.3 Å². The number of hydrogen-bond acceptors (Lipinski definition) is 5. The number of nitrogens with zero attached hydrogens (tertiary/aromatic N) is 3.